The number of benzene rings is 2. The second-order valence-electron chi connectivity index (χ2n) is 4.29. The van der Waals surface area contributed by atoms with Crippen LogP contribution in [0.4, 0.5) is 5.69 Å². The number of nitrogens with two attached hydrogens (primary N) is 2. The Kier molecular flexibility index (Phi) is 3.53. The second kappa shape index (κ2) is 5.12. The van der Waals surface area contributed by atoms with E-state index in [4.69, 9.17) is 16.2 Å². The van der Waals surface area contributed by atoms with E-state index in [2.05, 4.69) is 0 Å². The van der Waals surface area contributed by atoms with Crippen molar-refractivity contribution in [1.29, 1.82) is 0 Å². The standard InChI is InChI=1S/C15H16N2O2/c1-19-14(18)15(17,11-5-3-2-4-6-11)12-7-9-13(16)10-8-12/h2-10H,16-17H2,1H3. The molecule has 4 heteroatoms. The van der Waals surface area contributed by atoms with Crippen molar-refractivity contribution in [2.24, 2.45) is 5.73 Å². The number of carbonyl (C=O) groups excluding carboxylic acids is 1. The quantitative estimate of drug-likeness (QED) is 0.646. The normalized spacial score (nSPS) is 13.6. The van der Waals surface area contributed by atoms with Gasteiger partial charge in [-0.15, -0.1) is 0 Å². The van der Waals surface area contributed by atoms with E-state index in [9.17, 15) is 4.79 Å². The number of esters is 1. The van der Waals surface area contributed by atoms with E-state index in [0.717, 1.165) is 0 Å². The van der Waals surface area contributed by atoms with Gasteiger partial charge in [0.15, 0.2) is 5.54 Å². The summed E-state index contributed by atoms with van der Waals surface area (Å²) in [5.41, 5.74) is 12.6. The molecule has 0 aliphatic heterocycles. The van der Waals surface area contributed by atoms with Gasteiger partial charge in [-0.1, -0.05) is 42.5 Å². The third-order valence-electron chi connectivity index (χ3n) is 3.10. The van der Waals surface area contributed by atoms with Gasteiger partial charge >= 0.3 is 5.97 Å². The number of ether oxygens (including phenoxy) is 1. The summed E-state index contributed by atoms with van der Waals surface area (Å²) >= 11 is 0. The van der Waals surface area contributed by atoms with Crippen LogP contribution in [-0.2, 0) is 15.1 Å². The Labute approximate surface area is 112 Å². The van der Waals surface area contributed by atoms with Crippen LogP contribution >= 0.6 is 0 Å². The molecule has 0 saturated carbocycles. The predicted octanol–water partition coefficient (Wildman–Crippen LogP) is 1.64. The largest absolute Gasteiger partial charge is 0.467 e. The predicted molar refractivity (Wildman–Crippen MR) is 74.3 cm³/mol. The van der Waals surface area contributed by atoms with Gasteiger partial charge in [-0.25, -0.2) is 4.79 Å². The first kappa shape index (κ1) is 13.1. The van der Waals surface area contributed by atoms with Crippen LogP contribution in [0.5, 0.6) is 0 Å². The van der Waals surface area contributed by atoms with E-state index in [1.807, 2.05) is 18.2 Å². The average Bonchev–Trinajstić information content (AvgIpc) is 2.47. The summed E-state index contributed by atoms with van der Waals surface area (Å²) in [5.74, 6) is -0.511. The first-order chi connectivity index (χ1) is 9.09. The minimum Gasteiger partial charge on any atom is -0.467 e. The molecule has 1 atom stereocenters. The van der Waals surface area contributed by atoms with Crippen molar-refractivity contribution >= 4 is 11.7 Å². The zero-order valence-corrected chi connectivity index (χ0v) is 10.7. The summed E-state index contributed by atoms with van der Waals surface area (Å²) in [6.07, 6.45) is 0. The average molecular weight is 256 g/mol. The van der Waals surface area contributed by atoms with Gasteiger partial charge in [0.25, 0.3) is 0 Å². The lowest BCUT2D eigenvalue weighted by Crippen LogP contribution is -2.46. The molecule has 4 N–H and O–H groups in total. The van der Waals surface area contributed by atoms with Crippen LogP contribution < -0.4 is 11.5 Å². The molecule has 4 nitrogen and oxygen atoms in total. The van der Waals surface area contributed by atoms with Gasteiger partial charge in [-0.2, -0.15) is 0 Å². The summed E-state index contributed by atoms with van der Waals surface area (Å²) in [5, 5.41) is 0. The Bertz CT molecular complexity index is 566. The highest BCUT2D eigenvalue weighted by Gasteiger charge is 2.39. The van der Waals surface area contributed by atoms with Crippen LogP contribution in [0.2, 0.25) is 0 Å². The molecule has 2 aromatic rings. The topological polar surface area (TPSA) is 78.3 Å². The molecule has 0 saturated heterocycles. The molecule has 98 valence electrons. The zero-order chi connectivity index (χ0) is 13.9. The summed E-state index contributed by atoms with van der Waals surface area (Å²) in [4.78, 5) is 12.1. The van der Waals surface area contributed by atoms with E-state index in [1.165, 1.54) is 7.11 Å². The van der Waals surface area contributed by atoms with Crippen molar-refractivity contribution in [2.75, 3.05) is 12.8 Å². The summed E-state index contributed by atoms with van der Waals surface area (Å²) < 4.78 is 4.86. The highest BCUT2D eigenvalue weighted by atomic mass is 16.5. The third kappa shape index (κ3) is 2.30. The molecule has 0 heterocycles. The lowest BCUT2D eigenvalue weighted by Gasteiger charge is -2.27. The number of rotatable bonds is 3. The summed E-state index contributed by atoms with van der Waals surface area (Å²) in [6, 6.07) is 16.0. The number of hydrogen-bond donors (Lipinski definition) is 2. The van der Waals surface area contributed by atoms with E-state index < -0.39 is 11.5 Å². The second-order valence-corrected chi connectivity index (χ2v) is 4.29. The lowest BCUT2D eigenvalue weighted by molar-refractivity contribution is -0.145. The van der Waals surface area contributed by atoms with Crippen LogP contribution in [0.3, 0.4) is 0 Å². The van der Waals surface area contributed by atoms with Crippen molar-refractivity contribution in [2.45, 2.75) is 5.54 Å². The Morgan fingerprint density at radius 1 is 1.00 bits per heavy atom. The molecule has 19 heavy (non-hydrogen) atoms. The SMILES string of the molecule is COC(=O)C(N)(c1ccccc1)c1ccc(N)cc1. The molecule has 0 fully saturated rings. The zero-order valence-electron chi connectivity index (χ0n) is 10.7. The Morgan fingerprint density at radius 3 is 2.05 bits per heavy atom. The fraction of sp³-hybridized carbons (Fsp3) is 0.133. The van der Waals surface area contributed by atoms with Crippen LogP contribution in [0, 0.1) is 0 Å². The third-order valence-corrected chi connectivity index (χ3v) is 3.10. The molecular formula is C15H16N2O2. The summed E-state index contributed by atoms with van der Waals surface area (Å²) in [6.45, 7) is 0. The van der Waals surface area contributed by atoms with Crippen molar-refractivity contribution in [3.8, 4) is 0 Å². The molecule has 0 aliphatic carbocycles. The first-order valence-corrected chi connectivity index (χ1v) is 5.88. The van der Waals surface area contributed by atoms with Crippen molar-refractivity contribution in [3.63, 3.8) is 0 Å². The highest BCUT2D eigenvalue weighted by molar-refractivity contribution is 5.86. The number of methoxy groups -OCH3 is 1. The van der Waals surface area contributed by atoms with E-state index in [1.54, 1.807) is 36.4 Å². The molecule has 0 aliphatic rings. The van der Waals surface area contributed by atoms with Gasteiger partial charge < -0.3 is 16.2 Å². The highest BCUT2D eigenvalue weighted by Crippen LogP contribution is 2.28. The smallest absolute Gasteiger partial charge is 0.335 e. The Balaban J connectivity index is 2.58. The molecule has 0 spiro atoms. The van der Waals surface area contributed by atoms with Gasteiger partial charge in [0.1, 0.15) is 0 Å². The van der Waals surface area contributed by atoms with Crippen molar-refractivity contribution < 1.29 is 9.53 Å². The molecular weight excluding hydrogens is 240 g/mol. The monoisotopic (exact) mass is 256 g/mol. The van der Waals surface area contributed by atoms with Crippen LogP contribution in [0.1, 0.15) is 11.1 Å². The maximum Gasteiger partial charge on any atom is 0.335 e. The van der Waals surface area contributed by atoms with E-state index >= 15 is 0 Å². The van der Waals surface area contributed by atoms with Crippen LogP contribution in [-0.4, -0.2) is 13.1 Å². The minimum absolute atomic E-state index is 0.511. The maximum absolute atomic E-state index is 12.1. The van der Waals surface area contributed by atoms with E-state index in [-0.39, 0.29) is 0 Å². The Hall–Kier alpha value is -2.33. The fourth-order valence-electron chi connectivity index (χ4n) is 2.01. The molecule has 2 rings (SSSR count). The van der Waals surface area contributed by atoms with Gasteiger partial charge in [0, 0.05) is 5.69 Å². The molecule has 2 aromatic carbocycles. The van der Waals surface area contributed by atoms with Crippen LogP contribution in [0.25, 0.3) is 0 Å². The van der Waals surface area contributed by atoms with Gasteiger partial charge in [0.05, 0.1) is 7.11 Å². The number of anilines is 1. The lowest BCUT2D eigenvalue weighted by atomic mass is 9.84. The minimum atomic E-state index is -1.33. The van der Waals surface area contributed by atoms with Crippen molar-refractivity contribution in [3.05, 3.63) is 65.7 Å². The van der Waals surface area contributed by atoms with E-state index in [0.29, 0.717) is 16.8 Å². The van der Waals surface area contributed by atoms with Gasteiger partial charge in [-0.05, 0) is 23.3 Å². The van der Waals surface area contributed by atoms with Crippen molar-refractivity contribution in [1.82, 2.24) is 0 Å². The van der Waals surface area contributed by atoms with Crippen LogP contribution in [0.15, 0.2) is 54.6 Å². The molecule has 0 aromatic heterocycles. The fourth-order valence-corrected chi connectivity index (χ4v) is 2.01. The first-order valence-electron chi connectivity index (χ1n) is 5.88. The summed E-state index contributed by atoms with van der Waals surface area (Å²) in [7, 11) is 1.32. The molecule has 0 bridgehead atoms. The number of nitrogen functional groups attached to an aromatic ring is 1. The Morgan fingerprint density at radius 2 is 1.53 bits per heavy atom. The molecule has 1 unspecified atom stereocenters. The maximum atomic E-state index is 12.1. The van der Waals surface area contributed by atoms with Gasteiger partial charge in [-0.3, -0.25) is 0 Å². The van der Waals surface area contributed by atoms with Gasteiger partial charge in [0.2, 0.25) is 0 Å². The molecule has 0 radical (unpaired) electrons. The molecule has 0 amide bonds. The number of hydrogen-bond acceptors (Lipinski definition) is 4. The number of carbonyl (C=O) groups is 1.